The molecule has 0 aliphatic heterocycles. The molecule has 0 radical (unpaired) electrons. The van der Waals surface area contributed by atoms with Gasteiger partial charge >= 0.3 is 7.60 Å². The molecule has 120 valence electrons. The van der Waals surface area contributed by atoms with Crippen molar-refractivity contribution in [3.8, 4) is 5.75 Å². The molecule has 0 spiro atoms. The van der Waals surface area contributed by atoms with Gasteiger partial charge in [-0.15, -0.1) is 0 Å². The molecule has 0 aliphatic rings. The summed E-state index contributed by atoms with van der Waals surface area (Å²) in [6, 6.07) is 3.60. The number of phenolic OH excluding ortho intramolecular Hbond substituents is 1. The Bertz CT molecular complexity index is 530. The molecule has 0 saturated carbocycles. The Kier molecular flexibility index (Phi) is 4.99. The minimum Gasteiger partial charge on any atom is -0.507 e. The van der Waals surface area contributed by atoms with Crippen molar-refractivity contribution in [1.29, 1.82) is 0 Å². The summed E-state index contributed by atoms with van der Waals surface area (Å²) in [4.78, 5) is 9.70. The quantitative estimate of drug-likeness (QED) is 0.815. The number of phenols is 1. The molecule has 2 N–H and O–H groups in total. The maximum absolute atomic E-state index is 11.8. The molecule has 5 heteroatoms. The van der Waals surface area contributed by atoms with Crippen LogP contribution >= 0.6 is 7.60 Å². The first-order valence-corrected chi connectivity index (χ1v) is 8.78. The van der Waals surface area contributed by atoms with Gasteiger partial charge in [0.2, 0.25) is 0 Å². The van der Waals surface area contributed by atoms with Gasteiger partial charge in [-0.3, -0.25) is 4.57 Å². The van der Waals surface area contributed by atoms with Gasteiger partial charge in [-0.1, -0.05) is 53.7 Å². The number of hydrogen-bond acceptors (Lipinski definition) is 3. The third kappa shape index (κ3) is 4.57. The van der Waals surface area contributed by atoms with Crippen molar-refractivity contribution in [3.63, 3.8) is 0 Å². The first-order chi connectivity index (χ1) is 9.28. The van der Waals surface area contributed by atoms with Crippen LogP contribution in [-0.2, 0) is 26.1 Å². The van der Waals surface area contributed by atoms with Crippen molar-refractivity contribution >= 4 is 7.60 Å². The van der Waals surface area contributed by atoms with Gasteiger partial charge in [0.1, 0.15) is 5.75 Å². The number of aromatic hydroxyl groups is 1. The van der Waals surface area contributed by atoms with E-state index in [4.69, 9.17) is 0 Å². The lowest BCUT2D eigenvalue weighted by atomic mass is 9.78. The molecule has 1 atom stereocenters. The highest BCUT2D eigenvalue weighted by Crippen LogP contribution is 2.47. The normalized spacial score (nSPS) is 15.8. The Labute approximate surface area is 127 Å². The molecule has 0 saturated heterocycles. The molecule has 4 nitrogen and oxygen atoms in total. The van der Waals surface area contributed by atoms with Crippen molar-refractivity contribution in [2.24, 2.45) is 0 Å². The van der Waals surface area contributed by atoms with Crippen molar-refractivity contribution in [2.75, 3.05) is 7.11 Å². The summed E-state index contributed by atoms with van der Waals surface area (Å²) in [6.45, 7) is 12.0. The zero-order valence-corrected chi connectivity index (χ0v) is 14.9. The highest BCUT2D eigenvalue weighted by Gasteiger charge is 2.28. The van der Waals surface area contributed by atoms with Gasteiger partial charge in [0.05, 0.1) is 6.16 Å². The lowest BCUT2D eigenvalue weighted by Gasteiger charge is -2.28. The van der Waals surface area contributed by atoms with Gasteiger partial charge in [0, 0.05) is 7.11 Å². The molecule has 21 heavy (non-hydrogen) atoms. The van der Waals surface area contributed by atoms with Gasteiger partial charge in [-0.25, -0.2) is 0 Å². The van der Waals surface area contributed by atoms with Gasteiger partial charge < -0.3 is 14.5 Å². The summed E-state index contributed by atoms with van der Waals surface area (Å²) in [6.07, 6.45) is -0.0596. The van der Waals surface area contributed by atoms with Crippen LogP contribution in [0.5, 0.6) is 5.75 Å². The summed E-state index contributed by atoms with van der Waals surface area (Å²) < 4.78 is 16.5. The zero-order chi connectivity index (χ0) is 16.6. The predicted molar refractivity (Wildman–Crippen MR) is 86.0 cm³/mol. The molecule has 1 rings (SSSR count). The van der Waals surface area contributed by atoms with Crippen molar-refractivity contribution < 1.29 is 19.1 Å². The molecule has 0 bridgehead atoms. The highest BCUT2D eigenvalue weighted by molar-refractivity contribution is 7.51. The van der Waals surface area contributed by atoms with E-state index in [1.807, 2.05) is 41.5 Å². The van der Waals surface area contributed by atoms with Gasteiger partial charge in [0.25, 0.3) is 0 Å². The number of rotatable bonds is 3. The monoisotopic (exact) mass is 314 g/mol. The van der Waals surface area contributed by atoms with Crippen molar-refractivity contribution in [2.45, 2.75) is 58.5 Å². The first kappa shape index (κ1) is 18.2. The van der Waals surface area contributed by atoms with Crippen molar-refractivity contribution in [3.05, 3.63) is 28.8 Å². The van der Waals surface area contributed by atoms with E-state index in [1.165, 1.54) is 7.11 Å². The fourth-order valence-corrected chi connectivity index (χ4v) is 3.00. The van der Waals surface area contributed by atoms with E-state index in [0.29, 0.717) is 5.56 Å². The Balaban J connectivity index is 3.52. The average Bonchev–Trinajstić information content (AvgIpc) is 2.28. The minimum absolute atomic E-state index is 0.0596. The van der Waals surface area contributed by atoms with Crippen LogP contribution < -0.4 is 0 Å². The summed E-state index contributed by atoms with van der Waals surface area (Å²) in [5.41, 5.74) is 1.75. The zero-order valence-electron chi connectivity index (χ0n) is 14.0. The maximum atomic E-state index is 11.8. The van der Waals surface area contributed by atoms with Crippen LogP contribution in [0.3, 0.4) is 0 Å². The molecule has 1 aromatic rings. The largest absolute Gasteiger partial charge is 0.507 e. The average molecular weight is 314 g/mol. The first-order valence-electron chi connectivity index (χ1n) is 7.02. The molecule has 1 aromatic carbocycles. The maximum Gasteiger partial charge on any atom is 0.332 e. The second-order valence-electron chi connectivity index (χ2n) is 7.52. The van der Waals surface area contributed by atoms with Crippen LogP contribution in [0.15, 0.2) is 12.1 Å². The summed E-state index contributed by atoms with van der Waals surface area (Å²) in [5.74, 6) is 0.268. The molecule has 0 aromatic heterocycles. The van der Waals surface area contributed by atoms with Crippen LogP contribution in [0.4, 0.5) is 0 Å². The fourth-order valence-electron chi connectivity index (χ4n) is 2.22. The predicted octanol–water partition coefficient (Wildman–Crippen LogP) is 4.32. The summed E-state index contributed by atoms with van der Waals surface area (Å²) in [7, 11) is -2.40. The standard InChI is InChI=1S/C16H27O4P/c1-15(2,3)12-8-11(10-21(18,19)20-7)9-13(14(12)17)16(4,5)6/h8-9,17H,10H2,1-7H3,(H,18,19). The van der Waals surface area contributed by atoms with E-state index in [-0.39, 0.29) is 22.7 Å². The van der Waals surface area contributed by atoms with Gasteiger partial charge in [-0.05, 0) is 27.5 Å². The lowest BCUT2D eigenvalue weighted by Crippen LogP contribution is -2.18. The molecule has 0 amide bonds. The topological polar surface area (TPSA) is 66.8 Å². The minimum atomic E-state index is -3.64. The van der Waals surface area contributed by atoms with E-state index >= 15 is 0 Å². The van der Waals surface area contributed by atoms with E-state index in [2.05, 4.69) is 4.52 Å². The van der Waals surface area contributed by atoms with Crippen LogP contribution in [0.2, 0.25) is 0 Å². The van der Waals surface area contributed by atoms with Crippen molar-refractivity contribution in [1.82, 2.24) is 0 Å². The fraction of sp³-hybridized carbons (Fsp3) is 0.625. The molecule has 0 heterocycles. The summed E-state index contributed by atoms with van der Waals surface area (Å²) in [5, 5.41) is 10.6. The SMILES string of the molecule is COP(=O)(O)Cc1cc(C(C)(C)C)c(O)c(C(C)(C)C)c1. The van der Waals surface area contributed by atoms with E-state index in [9.17, 15) is 14.6 Å². The Morgan fingerprint density at radius 1 is 1.05 bits per heavy atom. The number of hydrogen-bond donors (Lipinski definition) is 2. The Hall–Kier alpha value is -0.830. The number of benzene rings is 1. The van der Waals surface area contributed by atoms with Crippen LogP contribution in [0, 0.1) is 0 Å². The second-order valence-corrected chi connectivity index (χ2v) is 9.47. The molecule has 1 unspecified atom stereocenters. The molecular weight excluding hydrogens is 287 g/mol. The third-order valence-electron chi connectivity index (χ3n) is 3.45. The Morgan fingerprint density at radius 3 is 1.71 bits per heavy atom. The van der Waals surface area contributed by atoms with E-state index < -0.39 is 7.60 Å². The Morgan fingerprint density at radius 2 is 1.43 bits per heavy atom. The van der Waals surface area contributed by atoms with E-state index in [1.54, 1.807) is 12.1 Å². The van der Waals surface area contributed by atoms with E-state index in [0.717, 1.165) is 11.1 Å². The van der Waals surface area contributed by atoms with Gasteiger partial charge in [0.15, 0.2) is 0 Å². The molecule has 0 aliphatic carbocycles. The highest BCUT2D eigenvalue weighted by atomic mass is 31.2. The van der Waals surface area contributed by atoms with Crippen LogP contribution in [0.25, 0.3) is 0 Å². The van der Waals surface area contributed by atoms with Crippen LogP contribution in [0.1, 0.15) is 58.2 Å². The molecule has 0 fully saturated rings. The second kappa shape index (κ2) is 5.75. The smallest absolute Gasteiger partial charge is 0.332 e. The summed E-state index contributed by atoms with van der Waals surface area (Å²) >= 11 is 0. The van der Waals surface area contributed by atoms with Gasteiger partial charge in [-0.2, -0.15) is 0 Å². The third-order valence-corrected chi connectivity index (χ3v) is 4.79. The molecular formula is C16H27O4P. The van der Waals surface area contributed by atoms with Crippen LogP contribution in [-0.4, -0.2) is 17.1 Å². The lowest BCUT2D eigenvalue weighted by molar-refractivity contribution is 0.314.